The molecule has 1 aromatic carbocycles. The highest BCUT2D eigenvalue weighted by Gasteiger charge is 2.14. The summed E-state index contributed by atoms with van der Waals surface area (Å²) in [5.41, 5.74) is 1.59. The summed E-state index contributed by atoms with van der Waals surface area (Å²) in [4.78, 5) is 11.8. The Hall–Kier alpha value is -1.97. The second kappa shape index (κ2) is 7.58. The van der Waals surface area contributed by atoms with Gasteiger partial charge in [-0.2, -0.15) is 0 Å². The maximum absolute atomic E-state index is 11.8. The van der Waals surface area contributed by atoms with Crippen molar-refractivity contribution in [3.05, 3.63) is 23.8 Å². The maximum atomic E-state index is 11.8. The predicted molar refractivity (Wildman–Crippen MR) is 82.3 cm³/mol. The van der Waals surface area contributed by atoms with Crippen molar-refractivity contribution in [3.63, 3.8) is 0 Å². The van der Waals surface area contributed by atoms with E-state index in [0.717, 1.165) is 5.56 Å². The summed E-state index contributed by atoms with van der Waals surface area (Å²) >= 11 is 0. The van der Waals surface area contributed by atoms with Crippen molar-refractivity contribution in [1.29, 1.82) is 0 Å². The van der Waals surface area contributed by atoms with Gasteiger partial charge in [0.2, 0.25) is 5.91 Å². The molecule has 0 bridgehead atoms. The summed E-state index contributed by atoms with van der Waals surface area (Å²) in [7, 11) is 1.59. The molecule has 1 rings (SSSR count). The number of rotatable bonds is 6. The molecule has 1 N–H and O–H groups in total. The number of ether oxygens (including phenoxy) is 2. The quantitative estimate of drug-likeness (QED) is 0.862. The molecule has 0 aliphatic heterocycles. The predicted octanol–water partition coefficient (Wildman–Crippen LogP) is 3.72. The van der Waals surface area contributed by atoms with E-state index in [-0.39, 0.29) is 11.8 Å². The molecule has 4 nitrogen and oxygen atoms in total. The molecule has 0 atom stereocenters. The molecule has 110 valence electrons. The molecule has 0 aromatic heterocycles. The van der Waals surface area contributed by atoms with Crippen molar-refractivity contribution < 1.29 is 14.3 Å². The van der Waals surface area contributed by atoms with Crippen LogP contribution in [0.5, 0.6) is 11.5 Å². The minimum absolute atomic E-state index is 0.0253. The lowest BCUT2D eigenvalue weighted by Crippen LogP contribution is -2.17. The molecular weight excluding hydrogens is 254 g/mol. The van der Waals surface area contributed by atoms with Crippen molar-refractivity contribution in [2.45, 2.75) is 27.7 Å². The number of hydrogen-bond donors (Lipinski definition) is 1. The number of amides is 1. The fourth-order valence-electron chi connectivity index (χ4n) is 1.74. The van der Waals surface area contributed by atoms with Crippen LogP contribution in [0.3, 0.4) is 0 Å². The molecular formula is C16H23NO3. The van der Waals surface area contributed by atoms with Gasteiger partial charge in [0.1, 0.15) is 0 Å². The number of hydrogen-bond acceptors (Lipinski definition) is 3. The first-order valence-electron chi connectivity index (χ1n) is 6.81. The van der Waals surface area contributed by atoms with Crippen molar-refractivity contribution in [3.8, 4) is 11.5 Å². The summed E-state index contributed by atoms with van der Waals surface area (Å²) < 4.78 is 11.0. The first-order valence-corrected chi connectivity index (χ1v) is 6.81. The molecule has 20 heavy (non-hydrogen) atoms. The van der Waals surface area contributed by atoms with Gasteiger partial charge in [-0.15, -0.1) is 0 Å². The van der Waals surface area contributed by atoms with Crippen LogP contribution in [0.4, 0.5) is 5.69 Å². The van der Waals surface area contributed by atoms with Crippen LogP contribution in [0.1, 0.15) is 33.3 Å². The van der Waals surface area contributed by atoms with Crippen LogP contribution in [0, 0.1) is 5.92 Å². The van der Waals surface area contributed by atoms with Crippen LogP contribution >= 0.6 is 0 Å². The van der Waals surface area contributed by atoms with E-state index in [1.807, 2.05) is 45.9 Å². The van der Waals surface area contributed by atoms with Gasteiger partial charge in [-0.05, 0) is 19.9 Å². The third-order valence-corrected chi connectivity index (χ3v) is 2.73. The minimum Gasteiger partial charge on any atom is -0.493 e. The van der Waals surface area contributed by atoms with Crippen LogP contribution < -0.4 is 14.8 Å². The molecule has 1 aromatic rings. The zero-order valence-corrected chi connectivity index (χ0v) is 12.8. The van der Waals surface area contributed by atoms with Gasteiger partial charge in [-0.1, -0.05) is 26.0 Å². The van der Waals surface area contributed by atoms with Crippen LogP contribution in [-0.4, -0.2) is 19.6 Å². The van der Waals surface area contributed by atoms with Gasteiger partial charge in [0, 0.05) is 23.2 Å². The third kappa shape index (κ3) is 4.02. The Morgan fingerprint density at radius 2 is 2.10 bits per heavy atom. The van der Waals surface area contributed by atoms with Crippen LogP contribution in [0.2, 0.25) is 0 Å². The van der Waals surface area contributed by atoms with Gasteiger partial charge in [-0.3, -0.25) is 4.79 Å². The smallest absolute Gasteiger partial charge is 0.226 e. The third-order valence-electron chi connectivity index (χ3n) is 2.73. The Labute approximate surface area is 120 Å². The van der Waals surface area contributed by atoms with Crippen molar-refractivity contribution in [1.82, 2.24) is 0 Å². The number of carbonyl (C=O) groups is 1. The molecule has 0 aliphatic rings. The zero-order chi connectivity index (χ0) is 15.1. The Morgan fingerprint density at radius 1 is 1.40 bits per heavy atom. The highest BCUT2D eigenvalue weighted by molar-refractivity contribution is 5.93. The van der Waals surface area contributed by atoms with Gasteiger partial charge in [0.25, 0.3) is 0 Å². The van der Waals surface area contributed by atoms with E-state index < -0.39 is 0 Å². The molecule has 0 unspecified atom stereocenters. The Bertz CT molecular complexity index is 493. The normalized spacial score (nSPS) is 10.9. The Balaban J connectivity index is 3.21. The standard InChI is InChI=1S/C16H23NO3/c1-6-8-12-9-13(17-16(18)11(3)4)10-14(19-5)15(12)20-7-2/h6,8-11H,7H2,1-5H3,(H,17,18). The molecule has 0 aliphatic carbocycles. The second-order valence-electron chi connectivity index (χ2n) is 4.67. The number of nitrogens with one attached hydrogen (secondary N) is 1. The van der Waals surface area contributed by atoms with Crippen LogP contribution in [0.25, 0.3) is 6.08 Å². The SMILES string of the molecule is CC=Cc1cc(NC(=O)C(C)C)cc(OC)c1OCC. The van der Waals surface area contributed by atoms with Crippen molar-refractivity contribution in [2.24, 2.45) is 5.92 Å². The summed E-state index contributed by atoms with van der Waals surface area (Å²) in [6, 6.07) is 3.66. The van der Waals surface area contributed by atoms with Crippen LogP contribution in [0.15, 0.2) is 18.2 Å². The molecule has 0 heterocycles. The molecule has 0 fully saturated rings. The summed E-state index contributed by atoms with van der Waals surface area (Å²) in [6.07, 6.45) is 3.85. The van der Waals surface area contributed by atoms with E-state index in [0.29, 0.717) is 23.8 Å². The fraction of sp³-hybridized carbons (Fsp3) is 0.438. The Morgan fingerprint density at radius 3 is 2.60 bits per heavy atom. The number of carbonyl (C=O) groups excluding carboxylic acids is 1. The lowest BCUT2D eigenvalue weighted by Gasteiger charge is -2.15. The van der Waals surface area contributed by atoms with Crippen molar-refractivity contribution in [2.75, 3.05) is 19.0 Å². The zero-order valence-electron chi connectivity index (χ0n) is 12.8. The van der Waals surface area contributed by atoms with Gasteiger partial charge < -0.3 is 14.8 Å². The average Bonchev–Trinajstić information content (AvgIpc) is 2.41. The lowest BCUT2D eigenvalue weighted by molar-refractivity contribution is -0.118. The number of allylic oxidation sites excluding steroid dienone is 1. The molecule has 0 radical (unpaired) electrons. The number of benzene rings is 1. The summed E-state index contributed by atoms with van der Waals surface area (Å²) in [5.74, 6) is 1.21. The Kier molecular flexibility index (Phi) is 6.10. The number of anilines is 1. The monoisotopic (exact) mass is 277 g/mol. The highest BCUT2D eigenvalue weighted by atomic mass is 16.5. The van der Waals surface area contributed by atoms with Gasteiger partial charge >= 0.3 is 0 Å². The first-order chi connectivity index (χ1) is 9.53. The van der Waals surface area contributed by atoms with Gasteiger partial charge in [0.15, 0.2) is 11.5 Å². The van der Waals surface area contributed by atoms with E-state index in [1.165, 1.54) is 0 Å². The van der Waals surface area contributed by atoms with Gasteiger partial charge in [-0.25, -0.2) is 0 Å². The molecule has 1 amide bonds. The highest BCUT2D eigenvalue weighted by Crippen LogP contribution is 2.36. The fourth-order valence-corrected chi connectivity index (χ4v) is 1.74. The number of methoxy groups -OCH3 is 1. The molecule has 4 heteroatoms. The van der Waals surface area contributed by atoms with Crippen molar-refractivity contribution >= 4 is 17.7 Å². The topological polar surface area (TPSA) is 47.6 Å². The summed E-state index contributed by atoms with van der Waals surface area (Å²) in [6.45, 7) is 8.12. The first kappa shape index (κ1) is 16.1. The largest absolute Gasteiger partial charge is 0.493 e. The minimum atomic E-state index is -0.0715. The summed E-state index contributed by atoms with van der Waals surface area (Å²) in [5, 5.41) is 2.88. The average molecular weight is 277 g/mol. The maximum Gasteiger partial charge on any atom is 0.226 e. The second-order valence-corrected chi connectivity index (χ2v) is 4.67. The van der Waals surface area contributed by atoms with Gasteiger partial charge in [0.05, 0.1) is 13.7 Å². The molecule has 0 saturated heterocycles. The van der Waals surface area contributed by atoms with E-state index in [4.69, 9.17) is 9.47 Å². The molecule has 0 spiro atoms. The van der Waals surface area contributed by atoms with Crippen LogP contribution in [-0.2, 0) is 4.79 Å². The lowest BCUT2D eigenvalue weighted by atomic mass is 10.1. The molecule has 0 saturated carbocycles. The van der Waals surface area contributed by atoms with E-state index in [1.54, 1.807) is 13.2 Å². The van der Waals surface area contributed by atoms with E-state index in [9.17, 15) is 4.79 Å². The van der Waals surface area contributed by atoms with E-state index in [2.05, 4.69) is 5.32 Å². The van der Waals surface area contributed by atoms with E-state index >= 15 is 0 Å².